The van der Waals surface area contributed by atoms with Gasteiger partial charge in [-0.3, -0.25) is 0 Å². The molecule has 0 bridgehead atoms. The van der Waals surface area contributed by atoms with Crippen molar-refractivity contribution >= 4 is 0 Å². The smallest absolute Gasteiger partial charge is 0.323 e. The number of hydrogen-bond donors (Lipinski definition) is 2. The lowest BCUT2D eigenvalue weighted by molar-refractivity contribution is 0.407. The minimum absolute atomic E-state index is 0.176. The maximum absolute atomic E-state index is 11.3. The summed E-state index contributed by atoms with van der Waals surface area (Å²) < 4.78 is 5.35. The van der Waals surface area contributed by atoms with Gasteiger partial charge in [0, 0.05) is 11.3 Å². The average molecular weight is 246 g/mol. The highest BCUT2D eigenvalue weighted by Crippen LogP contribution is 2.31. The number of hydrogen-bond acceptors (Lipinski definition) is 2. The van der Waals surface area contributed by atoms with Gasteiger partial charge >= 0.3 is 5.69 Å². The molecule has 0 spiro atoms. The minimum atomic E-state index is -0.176. The molecule has 0 saturated carbocycles. The van der Waals surface area contributed by atoms with Crippen molar-refractivity contribution in [2.75, 3.05) is 7.11 Å². The molecule has 4 nitrogen and oxygen atoms in total. The zero-order valence-corrected chi connectivity index (χ0v) is 11.1. The van der Waals surface area contributed by atoms with Crippen molar-refractivity contribution in [3.63, 3.8) is 0 Å². The van der Waals surface area contributed by atoms with Gasteiger partial charge in [-0.05, 0) is 36.6 Å². The summed E-state index contributed by atoms with van der Waals surface area (Å²) >= 11 is 0. The van der Waals surface area contributed by atoms with Crippen LogP contribution >= 0.6 is 0 Å². The fraction of sp³-hybridized carbons (Fsp3) is 0.357. The van der Waals surface area contributed by atoms with Crippen molar-refractivity contribution in [2.24, 2.45) is 0 Å². The Morgan fingerprint density at radius 3 is 2.44 bits per heavy atom. The SMILES string of the molecule is COc1ccc(-c2[nH]c(=O)[nH]c2C)cc1C(C)C. The Bertz CT molecular complexity index is 608. The van der Waals surface area contributed by atoms with Gasteiger partial charge in [0.2, 0.25) is 0 Å². The molecule has 0 aliphatic rings. The van der Waals surface area contributed by atoms with Crippen LogP contribution in [0.1, 0.15) is 31.0 Å². The Kier molecular flexibility index (Phi) is 3.28. The third-order valence-corrected chi connectivity index (χ3v) is 3.05. The number of aromatic amines is 2. The van der Waals surface area contributed by atoms with Gasteiger partial charge in [0.1, 0.15) is 5.75 Å². The molecule has 2 aromatic rings. The molecule has 1 heterocycles. The second-order valence-corrected chi connectivity index (χ2v) is 4.69. The molecule has 1 aromatic carbocycles. The van der Waals surface area contributed by atoms with Crippen LogP contribution < -0.4 is 10.4 Å². The van der Waals surface area contributed by atoms with Gasteiger partial charge in [0.05, 0.1) is 12.8 Å². The maximum Gasteiger partial charge on any atom is 0.323 e. The van der Waals surface area contributed by atoms with Gasteiger partial charge < -0.3 is 14.7 Å². The lowest BCUT2D eigenvalue weighted by Gasteiger charge is -2.13. The van der Waals surface area contributed by atoms with Crippen molar-refractivity contribution in [3.05, 3.63) is 39.9 Å². The molecule has 0 amide bonds. The number of methoxy groups -OCH3 is 1. The second-order valence-electron chi connectivity index (χ2n) is 4.69. The van der Waals surface area contributed by atoms with Crippen molar-refractivity contribution < 1.29 is 4.74 Å². The van der Waals surface area contributed by atoms with E-state index in [1.54, 1.807) is 7.11 Å². The predicted octanol–water partition coefficient (Wildman–Crippen LogP) is 2.81. The van der Waals surface area contributed by atoms with Crippen LogP contribution in [0.5, 0.6) is 5.75 Å². The Balaban J connectivity index is 2.56. The quantitative estimate of drug-likeness (QED) is 0.874. The summed E-state index contributed by atoms with van der Waals surface area (Å²) in [4.78, 5) is 16.8. The van der Waals surface area contributed by atoms with Gasteiger partial charge in [0.15, 0.2) is 0 Å². The molecule has 0 aliphatic carbocycles. The number of rotatable bonds is 3. The number of nitrogens with one attached hydrogen (secondary N) is 2. The minimum Gasteiger partial charge on any atom is -0.496 e. The summed E-state index contributed by atoms with van der Waals surface area (Å²) in [5.74, 6) is 1.25. The number of benzene rings is 1. The highest BCUT2D eigenvalue weighted by molar-refractivity contribution is 5.64. The molecule has 1 aromatic heterocycles. The first-order chi connectivity index (χ1) is 8.52. The summed E-state index contributed by atoms with van der Waals surface area (Å²) in [6, 6.07) is 5.96. The standard InChI is InChI=1S/C14H18N2O2/c1-8(2)11-7-10(5-6-12(11)18-4)13-9(3)15-14(17)16-13/h5-8H,1-4H3,(H2,15,16,17). The van der Waals surface area contributed by atoms with E-state index >= 15 is 0 Å². The average Bonchev–Trinajstić information content (AvgIpc) is 2.67. The number of imidazole rings is 1. The molecule has 0 unspecified atom stereocenters. The van der Waals surface area contributed by atoms with Crippen LogP contribution in [-0.4, -0.2) is 17.1 Å². The Hall–Kier alpha value is -1.97. The van der Waals surface area contributed by atoms with Gasteiger partial charge in [-0.25, -0.2) is 4.79 Å². The third-order valence-electron chi connectivity index (χ3n) is 3.05. The van der Waals surface area contributed by atoms with Gasteiger partial charge in [-0.1, -0.05) is 13.8 Å². The molecule has 96 valence electrons. The van der Waals surface area contributed by atoms with E-state index in [0.717, 1.165) is 28.3 Å². The zero-order valence-electron chi connectivity index (χ0n) is 11.1. The molecular formula is C14H18N2O2. The molecule has 2 rings (SSSR count). The van der Waals surface area contributed by atoms with Crippen molar-refractivity contribution in [2.45, 2.75) is 26.7 Å². The molecule has 4 heteroatoms. The summed E-state index contributed by atoms with van der Waals surface area (Å²) in [5, 5.41) is 0. The van der Waals surface area contributed by atoms with Crippen LogP contribution in [0.15, 0.2) is 23.0 Å². The van der Waals surface area contributed by atoms with E-state index < -0.39 is 0 Å². The lowest BCUT2D eigenvalue weighted by atomic mass is 9.98. The van der Waals surface area contributed by atoms with E-state index in [2.05, 4.69) is 29.9 Å². The molecular weight excluding hydrogens is 228 g/mol. The first kappa shape index (κ1) is 12.5. The first-order valence-electron chi connectivity index (χ1n) is 6.00. The zero-order chi connectivity index (χ0) is 13.3. The van der Waals surface area contributed by atoms with E-state index in [0.29, 0.717) is 5.92 Å². The molecule has 0 aliphatic heterocycles. The van der Waals surface area contributed by atoms with E-state index in [1.165, 1.54) is 0 Å². The van der Waals surface area contributed by atoms with Gasteiger partial charge in [0.25, 0.3) is 0 Å². The van der Waals surface area contributed by atoms with E-state index in [-0.39, 0.29) is 5.69 Å². The van der Waals surface area contributed by atoms with E-state index in [4.69, 9.17) is 4.74 Å². The van der Waals surface area contributed by atoms with Crippen LogP contribution in [0, 0.1) is 6.92 Å². The number of H-pyrrole nitrogens is 2. The van der Waals surface area contributed by atoms with Gasteiger partial charge in [-0.2, -0.15) is 0 Å². The normalized spacial score (nSPS) is 10.9. The molecule has 2 N–H and O–H groups in total. The van der Waals surface area contributed by atoms with Gasteiger partial charge in [-0.15, -0.1) is 0 Å². The van der Waals surface area contributed by atoms with E-state index in [1.807, 2.05) is 19.1 Å². The Morgan fingerprint density at radius 1 is 1.22 bits per heavy atom. The fourth-order valence-electron chi connectivity index (χ4n) is 2.10. The largest absolute Gasteiger partial charge is 0.496 e. The Labute approximate surface area is 106 Å². The van der Waals surface area contributed by atoms with Crippen LogP contribution in [0.3, 0.4) is 0 Å². The highest BCUT2D eigenvalue weighted by Gasteiger charge is 2.11. The molecule has 0 saturated heterocycles. The Morgan fingerprint density at radius 2 is 1.94 bits per heavy atom. The van der Waals surface area contributed by atoms with Crippen molar-refractivity contribution in [1.29, 1.82) is 0 Å². The molecule has 0 fully saturated rings. The monoisotopic (exact) mass is 246 g/mol. The predicted molar refractivity (Wildman–Crippen MR) is 72.2 cm³/mol. The lowest BCUT2D eigenvalue weighted by Crippen LogP contribution is -2.00. The fourth-order valence-corrected chi connectivity index (χ4v) is 2.10. The molecule has 0 radical (unpaired) electrons. The highest BCUT2D eigenvalue weighted by atomic mass is 16.5. The maximum atomic E-state index is 11.3. The second kappa shape index (κ2) is 4.72. The van der Waals surface area contributed by atoms with Crippen LogP contribution in [0.4, 0.5) is 0 Å². The van der Waals surface area contributed by atoms with Crippen LogP contribution in [0.2, 0.25) is 0 Å². The van der Waals surface area contributed by atoms with Crippen LogP contribution in [-0.2, 0) is 0 Å². The summed E-state index contributed by atoms with van der Waals surface area (Å²) in [6.45, 7) is 6.12. The number of aryl methyl sites for hydroxylation is 1. The van der Waals surface area contributed by atoms with Crippen molar-refractivity contribution in [3.8, 4) is 17.0 Å². The summed E-state index contributed by atoms with van der Waals surface area (Å²) in [5.41, 5.74) is 3.64. The third kappa shape index (κ3) is 2.18. The number of aromatic nitrogens is 2. The van der Waals surface area contributed by atoms with E-state index in [9.17, 15) is 4.79 Å². The molecule has 18 heavy (non-hydrogen) atoms. The van der Waals surface area contributed by atoms with Crippen molar-refractivity contribution in [1.82, 2.24) is 9.97 Å². The topological polar surface area (TPSA) is 57.9 Å². The molecule has 0 atom stereocenters. The summed E-state index contributed by atoms with van der Waals surface area (Å²) in [6.07, 6.45) is 0. The number of ether oxygens (including phenoxy) is 1. The summed E-state index contributed by atoms with van der Waals surface area (Å²) in [7, 11) is 1.67. The van der Waals surface area contributed by atoms with Crippen LogP contribution in [0.25, 0.3) is 11.3 Å². The first-order valence-corrected chi connectivity index (χ1v) is 6.00.